The third kappa shape index (κ3) is 6.72. The summed E-state index contributed by atoms with van der Waals surface area (Å²) < 4.78 is 0. The predicted octanol–water partition coefficient (Wildman–Crippen LogP) is 3.45. The first-order valence-corrected chi connectivity index (χ1v) is 11.0. The molecule has 2 atom stereocenters. The Kier molecular flexibility index (Phi) is 8.75. The third-order valence-corrected chi connectivity index (χ3v) is 5.86. The molecular weight excluding hydrogens is 396 g/mol. The van der Waals surface area contributed by atoms with E-state index in [1.54, 1.807) is 18.3 Å². The molecule has 0 unspecified atom stereocenters. The van der Waals surface area contributed by atoms with Crippen molar-refractivity contribution in [2.75, 3.05) is 31.6 Å². The fraction of sp³-hybridized carbons (Fsp3) is 0.522. The Morgan fingerprint density at radius 3 is 2.77 bits per heavy atom. The maximum atomic E-state index is 11.5. The number of anilines is 1. The van der Waals surface area contributed by atoms with Gasteiger partial charge in [0.25, 0.3) is 5.69 Å². The Morgan fingerprint density at radius 2 is 2.03 bits per heavy atom. The largest absolute Gasteiger partial charge is 0.395 e. The van der Waals surface area contributed by atoms with Crippen molar-refractivity contribution in [3.05, 3.63) is 52.7 Å². The van der Waals surface area contributed by atoms with E-state index in [0.717, 1.165) is 50.8 Å². The number of aromatic nitrogens is 1. The smallest absolute Gasteiger partial charge is 0.292 e. The number of hydrogen-bond donors (Lipinski definition) is 3. The number of nitrogens with zero attached hydrogens (tertiary/aromatic N) is 3. The molecule has 0 radical (unpaired) electrons. The van der Waals surface area contributed by atoms with E-state index in [4.69, 9.17) is 0 Å². The number of pyridine rings is 1. The van der Waals surface area contributed by atoms with E-state index < -0.39 is 0 Å². The van der Waals surface area contributed by atoms with Crippen LogP contribution in [0, 0.1) is 10.1 Å². The molecule has 0 saturated carbocycles. The van der Waals surface area contributed by atoms with Gasteiger partial charge in [0.05, 0.1) is 23.3 Å². The number of nitro benzene ring substituents is 1. The Bertz CT molecular complexity index is 834. The van der Waals surface area contributed by atoms with Gasteiger partial charge in [-0.05, 0) is 50.4 Å². The lowest BCUT2D eigenvalue weighted by Gasteiger charge is -2.36. The van der Waals surface area contributed by atoms with Gasteiger partial charge in [0.2, 0.25) is 0 Å². The molecule has 0 spiro atoms. The topological polar surface area (TPSA) is 112 Å². The number of aliphatic hydroxyl groups is 2. The number of benzene rings is 1. The molecule has 0 aliphatic carbocycles. The number of rotatable bonds is 11. The fourth-order valence-electron chi connectivity index (χ4n) is 4.10. The Morgan fingerprint density at radius 1 is 1.19 bits per heavy atom. The molecule has 1 aliphatic heterocycles. The van der Waals surface area contributed by atoms with Gasteiger partial charge in [-0.3, -0.25) is 20.0 Å². The van der Waals surface area contributed by atoms with E-state index in [2.05, 4.69) is 15.2 Å². The minimum atomic E-state index is -0.359. The molecule has 168 valence electrons. The first kappa shape index (κ1) is 23.1. The minimum absolute atomic E-state index is 0.0606. The zero-order chi connectivity index (χ0) is 22.1. The second-order valence-electron chi connectivity index (χ2n) is 8.10. The van der Waals surface area contributed by atoms with Gasteiger partial charge in [0, 0.05) is 37.0 Å². The van der Waals surface area contributed by atoms with E-state index in [1.807, 2.05) is 24.3 Å². The summed E-state index contributed by atoms with van der Waals surface area (Å²) in [7, 11) is 0. The number of unbranched alkanes of at least 4 members (excludes halogenated alkanes) is 3. The number of aliphatic hydroxyl groups excluding tert-OH is 2. The molecule has 1 saturated heterocycles. The molecule has 2 aromatic rings. The van der Waals surface area contributed by atoms with Gasteiger partial charge < -0.3 is 15.5 Å². The van der Waals surface area contributed by atoms with Crippen molar-refractivity contribution >= 4 is 11.4 Å². The second kappa shape index (κ2) is 11.7. The van der Waals surface area contributed by atoms with Crippen molar-refractivity contribution in [1.82, 2.24) is 9.88 Å². The van der Waals surface area contributed by atoms with Gasteiger partial charge in [-0.15, -0.1) is 0 Å². The van der Waals surface area contributed by atoms with Crippen LogP contribution in [0.1, 0.15) is 38.5 Å². The van der Waals surface area contributed by atoms with Crippen LogP contribution in [-0.2, 0) is 0 Å². The van der Waals surface area contributed by atoms with Crippen LogP contribution in [0.3, 0.4) is 0 Å². The lowest BCUT2D eigenvalue weighted by atomic mass is 9.99. The maximum Gasteiger partial charge on any atom is 0.292 e. The third-order valence-electron chi connectivity index (χ3n) is 5.86. The van der Waals surface area contributed by atoms with E-state index in [1.165, 1.54) is 0 Å². The average molecular weight is 429 g/mol. The highest BCUT2D eigenvalue weighted by molar-refractivity contribution is 5.71. The highest BCUT2D eigenvalue weighted by Gasteiger charge is 2.26. The minimum Gasteiger partial charge on any atom is -0.395 e. The molecule has 8 heteroatoms. The number of likely N-dealkylation sites (tertiary alicyclic amines) is 1. The molecule has 8 nitrogen and oxygen atoms in total. The van der Waals surface area contributed by atoms with Gasteiger partial charge in [0.1, 0.15) is 5.69 Å². The first-order chi connectivity index (χ1) is 15.1. The van der Waals surface area contributed by atoms with Crippen LogP contribution >= 0.6 is 0 Å². The number of hydrogen-bond acceptors (Lipinski definition) is 7. The van der Waals surface area contributed by atoms with Crippen molar-refractivity contribution in [3.8, 4) is 11.3 Å². The molecule has 1 aromatic heterocycles. The van der Waals surface area contributed by atoms with E-state index in [0.29, 0.717) is 24.3 Å². The van der Waals surface area contributed by atoms with Crippen LogP contribution in [0.25, 0.3) is 11.3 Å². The molecular formula is C23H32N4O4. The predicted molar refractivity (Wildman–Crippen MR) is 121 cm³/mol. The van der Waals surface area contributed by atoms with E-state index in [-0.39, 0.29) is 29.4 Å². The van der Waals surface area contributed by atoms with Crippen LogP contribution in [0.2, 0.25) is 0 Å². The van der Waals surface area contributed by atoms with Crippen molar-refractivity contribution in [2.24, 2.45) is 0 Å². The molecule has 2 heterocycles. The van der Waals surface area contributed by atoms with Crippen LogP contribution in [0.4, 0.5) is 11.4 Å². The summed E-state index contributed by atoms with van der Waals surface area (Å²) in [4.78, 5) is 17.7. The fourth-order valence-corrected chi connectivity index (χ4v) is 4.10. The molecule has 1 aromatic carbocycles. The number of piperidine rings is 1. The standard InChI is InChI=1S/C23H32N4O4/c28-17-19-16-20(29)10-14-26(19)13-6-2-1-4-11-25-22-9-8-18(15-23(22)27(30)31)21-7-3-5-12-24-21/h3,5,7-9,12,15,19-20,25,28-29H,1-2,4,6,10-11,13-14,16-17H2/t19-,20+/m0/s1. The lowest BCUT2D eigenvalue weighted by molar-refractivity contribution is -0.383. The highest BCUT2D eigenvalue weighted by atomic mass is 16.6. The average Bonchev–Trinajstić information content (AvgIpc) is 2.79. The quantitative estimate of drug-likeness (QED) is 0.285. The van der Waals surface area contributed by atoms with Crippen molar-refractivity contribution < 1.29 is 15.1 Å². The summed E-state index contributed by atoms with van der Waals surface area (Å²) in [5.41, 5.74) is 2.03. The Labute approximate surface area is 183 Å². The van der Waals surface area contributed by atoms with Gasteiger partial charge >= 0.3 is 0 Å². The van der Waals surface area contributed by atoms with Gasteiger partial charge in [-0.25, -0.2) is 0 Å². The first-order valence-electron chi connectivity index (χ1n) is 11.0. The maximum absolute atomic E-state index is 11.5. The zero-order valence-corrected chi connectivity index (χ0v) is 17.8. The summed E-state index contributed by atoms with van der Waals surface area (Å²) >= 11 is 0. The molecule has 31 heavy (non-hydrogen) atoms. The van der Waals surface area contributed by atoms with E-state index >= 15 is 0 Å². The number of nitrogens with one attached hydrogen (secondary N) is 1. The molecule has 0 bridgehead atoms. The van der Waals surface area contributed by atoms with Crippen LogP contribution < -0.4 is 5.32 Å². The van der Waals surface area contributed by atoms with Crippen LogP contribution in [-0.4, -0.2) is 63.4 Å². The van der Waals surface area contributed by atoms with Crippen LogP contribution in [0.15, 0.2) is 42.6 Å². The summed E-state index contributed by atoms with van der Waals surface area (Å²) in [6.07, 6.45) is 6.89. The SMILES string of the molecule is O=[N+]([O-])c1cc(-c2ccccn2)ccc1NCCCCCCN1CC[C@@H](O)C[C@H]1CO. The van der Waals surface area contributed by atoms with Crippen LogP contribution in [0.5, 0.6) is 0 Å². The summed E-state index contributed by atoms with van der Waals surface area (Å²) in [5.74, 6) is 0. The van der Waals surface area contributed by atoms with Gasteiger partial charge in [-0.2, -0.15) is 0 Å². The van der Waals surface area contributed by atoms with Crippen molar-refractivity contribution in [1.29, 1.82) is 0 Å². The summed E-state index contributed by atoms with van der Waals surface area (Å²) in [6.45, 7) is 2.55. The summed E-state index contributed by atoms with van der Waals surface area (Å²) in [5, 5.41) is 33.9. The molecule has 3 rings (SSSR count). The second-order valence-corrected chi connectivity index (χ2v) is 8.10. The molecule has 0 amide bonds. The highest BCUT2D eigenvalue weighted by Crippen LogP contribution is 2.30. The Balaban J connectivity index is 1.41. The van der Waals surface area contributed by atoms with Gasteiger partial charge in [-0.1, -0.05) is 25.0 Å². The molecule has 1 aliphatic rings. The molecule has 1 fully saturated rings. The lowest BCUT2D eigenvalue weighted by Crippen LogP contribution is -2.46. The van der Waals surface area contributed by atoms with E-state index in [9.17, 15) is 20.3 Å². The normalized spacial score (nSPS) is 19.3. The Hall–Kier alpha value is -2.55. The summed E-state index contributed by atoms with van der Waals surface area (Å²) in [6, 6.07) is 10.8. The molecule has 3 N–H and O–H groups in total. The van der Waals surface area contributed by atoms with Crippen molar-refractivity contribution in [2.45, 2.75) is 50.7 Å². The van der Waals surface area contributed by atoms with Gasteiger partial charge in [0.15, 0.2) is 0 Å². The van der Waals surface area contributed by atoms with Crippen molar-refractivity contribution in [3.63, 3.8) is 0 Å². The zero-order valence-electron chi connectivity index (χ0n) is 17.8. The number of nitro groups is 1. The monoisotopic (exact) mass is 428 g/mol.